The molecule has 7 heteroatoms. The van der Waals surface area contributed by atoms with Crippen LogP contribution in [0.25, 0.3) is 16.7 Å². The Morgan fingerprint density at radius 1 is 1.03 bits per heavy atom. The van der Waals surface area contributed by atoms with Crippen molar-refractivity contribution in [1.29, 1.82) is 0 Å². The van der Waals surface area contributed by atoms with Crippen molar-refractivity contribution in [3.05, 3.63) is 78.9 Å². The first kappa shape index (κ1) is 20.1. The smallest absolute Gasteiger partial charge is 0.247 e. The van der Waals surface area contributed by atoms with Crippen molar-refractivity contribution in [3.8, 4) is 5.69 Å². The Morgan fingerprint density at radius 2 is 1.81 bits per heavy atom. The number of aromatic nitrogens is 3. The number of fused-ring (bicyclic) bond motifs is 1. The molecule has 0 unspecified atom stereocenters. The molecule has 2 N–H and O–H groups in total. The maximum absolute atomic E-state index is 13.1. The molecule has 5 rings (SSSR count). The Kier molecular flexibility index (Phi) is 5.46. The third-order valence-corrected chi connectivity index (χ3v) is 5.93. The number of nitrogens with one attached hydrogen (secondary N) is 2. The Bertz CT molecular complexity index is 1210. The molecule has 1 atom stereocenters. The number of para-hydroxylation sites is 4. The summed E-state index contributed by atoms with van der Waals surface area (Å²) in [6.45, 7) is 0.607. The van der Waals surface area contributed by atoms with E-state index in [2.05, 4.69) is 15.3 Å². The number of benzene rings is 2. The molecular weight excluding hydrogens is 402 g/mol. The zero-order valence-electron chi connectivity index (χ0n) is 17.7. The summed E-state index contributed by atoms with van der Waals surface area (Å²) in [5, 5.41) is 3.04. The van der Waals surface area contributed by atoms with E-state index in [1.807, 2.05) is 77.6 Å². The van der Waals surface area contributed by atoms with Gasteiger partial charge in [-0.05, 0) is 49.2 Å². The Hall–Kier alpha value is -3.87. The number of aromatic amines is 1. The fraction of sp³-hybridized carbons (Fsp3) is 0.240. The molecule has 1 saturated heterocycles. The standard InChI is InChI=1S/C25H25N5O2/c31-24(14-13-23-26-18-8-1-2-9-19(18)27-23)30-17-7-12-22(30)25(32)28-20-10-3-4-11-21(20)29-15-5-6-16-29/h1-6,8-11,15-16,22H,7,12-14,17H2,(H,26,27)(H,28,32)/t22-/m0/s1. The molecule has 0 aliphatic carbocycles. The van der Waals surface area contributed by atoms with Gasteiger partial charge in [0, 0.05) is 31.8 Å². The molecule has 2 amide bonds. The van der Waals surface area contributed by atoms with Crippen LogP contribution in [0.3, 0.4) is 0 Å². The fourth-order valence-corrected chi connectivity index (χ4v) is 4.35. The molecule has 3 heterocycles. The van der Waals surface area contributed by atoms with Gasteiger partial charge in [-0.1, -0.05) is 24.3 Å². The van der Waals surface area contributed by atoms with Gasteiger partial charge in [-0.3, -0.25) is 9.59 Å². The average molecular weight is 428 g/mol. The lowest BCUT2D eigenvalue weighted by atomic mass is 10.1. The lowest BCUT2D eigenvalue weighted by Crippen LogP contribution is -2.43. The highest BCUT2D eigenvalue weighted by atomic mass is 16.2. The van der Waals surface area contributed by atoms with Crippen molar-refractivity contribution < 1.29 is 9.59 Å². The summed E-state index contributed by atoms with van der Waals surface area (Å²) in [5.74, 6) is 0.640. The van der Waals surface area contributed by atoms with Crippen LogP contribution in [0, 0.1) is 0 Å². The number of carbonyl (C=O) groups excluding carboxylic acids is 2. The van der Waals surface area contributed by atoms with Crippen LogP contribution in [0.4, 0.5) is 5.69 Å². The van der Waals surface area contributed by atoms with Crippen molar-refractivity contribution in [1.82, 2.24) is 19.4 Å². The van der Waals surface area contributed by atoms with E-state index < -0.39 is 6.04 Å². The van der Waals surface area contributed by atoms with Crippen LogP contribution in [0.1, 0.15) is 25.1 Å². The highest BCUT2D eigenvalue weighted by molar-refractivity contribution is 5.99. The molecule has 4 aromatic rings. The molecule has 0 saturated carbocycles. The molecule has 2 aromatic heterocycles. The first-order valence-electron chi connectivity index (χ1n) is 11.0. The quantitative estimate of drug-likeness (QED) is 0.489. The van der Waals surface area contributed by atoms with Crippen LogP contribution in [0.2, 0.25) is 0 Å². The van der Waals surface area contributed by atoms with Crippen LogP contribution < -0.4 is 5.32 Å². The maximum Gasteiger partial charge on any atom is 0.247 e. The number of nitrogens with zero attached hydrogens (tertiary/aromatic N) is 3. The monoisotopic (exact) mass is 427 g/mol. The normalized spacial score (nSPS) is 15.9. The maximum atomic E-state index is 13.1. The number of imidazole rings is 1. The van der Waals surface area contributed by atoms with E-state index in [1.165, 1.54) is 0 Å². The molecule has 7 nitrogen and oxygen atoms in total. The van der Waals surface area contributed by atoms with Gasteiger partial charge >= 0.3 is 0 Å². The van der Waals surface area contributed by atoms with Crippen molar-refractivity contribution >= 4 is 28.5 Å². The number of hydrogen-bond acceptors (Lipinski definition) is 3. The molecule has 1 fully saturated rings. The summed E-state index contributed by atoms with van der Waals surface area (Å²) in [5.41, 5.74) is 3.49. The van der Waals surface area contributed by atoms with E-state index in [0.29, 0.717) is 25.8 Å². The minimum Gasteiger partial charge on any atom is -0.342 e. The van der Waals surface area contributed by atoms with Crippen LogP contribution >= 0.6 is 0 Å². The van der Waals surface area contributed by atoms with Gasteiger partial charge < -0.3 is 19.8 Å². The number of carbonyl (C=O) groups is 2. The predicted molar refractivity (Wildman–Crippen MR) is 124 cm³/mol. The number of likely N-dealkylation sites (tertiary alicyclic amines) is 1. The highest BCUT2D eigenvalue weighted by Crippen LogP contribution is 2.24. The predicted octanol–water partition coefficient (Wildman–Crippen LogP) is 3.92. The Morgan fingerprint density at radius 3 is 2.66 bits per heavy atom. The number of rotatable bonds is 6. The molecule has 2 aromatic carbocycles. The van der Waals surface area contributed by atoms with Gasteiger partial charge in [0.2, 0.25) is 11.8 Å². The second-order valence-corrected chi connectivity index (χ2v) is 8.04. The summed E-state index contributed by atoms with van der Waals surface area (Å²) in [4.78, 5) is 35.6. The average Bonchev–Trinajstić information content (AvgIpc) is 3.58. The van der Waals surface area contributed by atoms with E-state index in [-0.39, 0.29) is 11.8 Å². The largest absolute Gasteiger partial charge is 0.342 e. The van der Waals surface area contributed by atoms with Gasteiger partial charge in [-0.25, -0.2) is 4.98 Å². The van der Waals surface area contributed by atoms with Crippen molar-refractivity contribution in [2.75, 3.05) is 11.9 Å². The summed E-state index contributed by atoms with van der Waals surface area (Å²) in [6, 6.07) is 18.9. The third kappa shape index (κ3) is 4.01. The molecule has 0 bridgehead atoms. The Labute approximate surface area is 186 Å². The van der Waals surface area contributed by atoms with Crippen molar-refractivity contribution in [2.45, 2.75) is 31.7 Å². The van der Waals surface area contributed by atoms with Gasteiger partial charge in [0.15, 0.2) is 0 Å². The molecule has 0 spiro atoms. The van der Waals surface area contributed by atoms with E-state index in [9.17, 15) is 9.59 Å². The van der Waals surface area contributed by atoms with Gasteiger partial charge in [-0.15, -0.1) is 0 Å². The van der Waals surface area contributed by atoms with Crippen LogP contribution in [-0.2, 0) is 16.0 Å². The lowest BCUT2D eigenvalue weighted by molar-refractivity contribution is -0.136. The van der Waals surface area contributed by atoms with Crippen LogP contribution in [0.15, 0.2) is 73.1 Å². The van der Waals surface area contributed by atoms with E-state index in [0.717, 1.165) is 34.7 Å². The fourth-order valence-electron chi connectivity index (χ4n) is 4.35. The lowest BCUT2D eigenvalue weighted by Gasteiger charge is -2.24. The Balaban J connectivity index is 1.25. The van der Waals surface area contributed by atoms with Gasteiger partial charge in [-0.2, -0.15) is 0 Å². The van der Waals surface area contributed by atoms with Crippen LogP contribution in [0.5, 0.6) is 0 Å². The van der Waals surface area contributed by atoms with Crippen LogP contribution in [-0.4, -0.2) is 43.8 Å². The van der Waals surface area contributed by atoms with E-state index in [1.54, 1.807) is 4.90 Å². The molecule has 1 aliphatic heterocycles. The molecule has 32 heavy (non-hydrogen) atoms. The first-order valence-corrected chi connectivity index (χ1v) is 11.0. The number of H-pyrrole nitrogens is 1. The first-order chi connectivity index (χ1) is 15.7. The molecule has 0 radical (unpaired) electrons. The van der Waals surface area contributed by atoms with E-state index >= 15 is 0 Å². The molecule has 162 valence electrons. The minimum atomic E-state index is -0.448. The molecular formula is C25H25N5O2. The summed E-state index contributed by atoms with van der Waals surface area (Å²) in [7, 11) is 0. The second-order valence-electron chi connectivity index (χ2n) is 8.04. The SMILES string of the molecule is O=C(Nc1ccccc1-n1cccc1)[C@@H]1CCCN1C(=O)CCc1nc2ccccc2[nH]1. The topological polar surface area (TPSA) is 83.0 Å². The summed E-state index contributed by atoms with van der Waals surface area (Å²) < 4.78 is 1.96. The van der Waals surface area contributed by atoms with Crippen molar-refractivity contribution in [2.24, 2.45) is 0 Å². The summed E-state index contributed by atoms with van der Waals surface area (Å²) >= 11 is 0. The number of amides is 2. The number of aryl methyl sites for hydroxylation is 1. The minimum absolute atomic E-state index is 0.0122. The van der Waals surface area contributed by atoms with Gasteiger partial charge in [0.05, 0.1) is 22.4 Å². The highest BCUT2D eigenvalue weighted by Gasteiger charge is 2.34. The van der Waals surface area contributed by atoms with Crippen molar-refractivity contribution in [3.63, 3.8) is 0 Å². The van der Waals surface area contributed by atoms with Gasteiger partial charge in [0.25, 0.3) is 0 Å². The second kappa shape index (κ2) is 8.70. The summed E-state index contributed by atoms with van der Waals surface area (Å²) in [6.07, 6.45) is 6.23. The number of hydrogen-bond donors (Lipinski definition) is 2. The third-order valence-electron chi connectivity index (χ3n) is 5.93. The van der Waals surface area contributed by atoms with E-state index in [4.69, 9.17) is 0 Å². The number of anilines is 1. The zero-order chi connectivity index (χ0) is 21.9. The zero-order valence-corrected chi connectivity index (χ0v) is 17.7. The molecule has 1 aliphatic rings. The van der Waals surface area contributed by atoms with Gasteiger partial charge in [0.1, 0.15) is 11.9 Å².